The number of carbonyl (C=O) groups excluding carboxylic acids is 1. The molecule has 6 heteroatoms. The van der Waals surface area contributed by atoms with Crippen molar-refractivity contribution in [1.82, 2.24) is 0 Å². The van der Waals surface area contributed by atoms with Crippen LogP contribution in [-0.4, -0.2) is 13.0 Å². The first-order chi connectivity index (χ1) is 9.79. The summed E-state index contributed by atoms with van der Waals surface area (Å²) in [5.41, 5.74) is -0.587. The molecule has 0 bridgehead atoms. The van der Waals surface area contributed by atoms with Crippen LogP contribution in [0, 0.1) is 5.82 Å². The van der Waals surface area contributed by atoms with Crippen LogP contribution in [-0.2, 0) is 6.18 Å². The molecule has 0 saturated carbocycles. The lowest BCUT2D eigenvalue weighted by Crippen LogP contribution is -2.26. The fourth-order valence-electron chi connectivity index (χ4n) is 1.80. The van der Waals surface area contributed by atoms with E-state index < -0.39 is 23.5 Å². The van der Waals surface area contributed by atoms with E-state index in [-0.39, 0.29) is 5.56 Å². The van der Waals surface area contributed by atoms with Crippen molar-refractivity contribution >= 4 is 11.6 Å². The van der Waals surface area contributed by atoms with E-state index in [0.717, 1.165) is 17.0 Å². The fourth-order valence-corrected chi connectivity index (χ4v) is 1.80. The molecule has 0 aliphatic carbocycles. The zero-order valence-electron chi connectivity index (χ0n) is 11.0. The smallest absolute Gasteiger partial charge is 0.311 e. The van der Waals surface area contributed by atoms with E-state index in [1.165, 1.54) is 43.4 Å². The van der Waals surface area contributed by atoms with Crippen LogP contribution in [0.15, 0.2) is 48.5 Å². The Bertz CT molecular complexity index is 649. The maximum Gasteiger partial charge on any atom is 0.416 e. The zero-order chi connectivity index (χ0) is 15.6. The van der Waals surface area contributed by atoms with Crippen molar-refractivity contribution in [3.63, 3.8) is 0 Å². The fraction of sp³-hybridized carbons (Fsp3) is 0.133. The van der Waals surface area contributed by atoms with Gasteiger partial charge >= 0.3 is 6.18 Å². The lowest BCUT2D eigenvalue weighted by molar-refractivity contribution is -0.137. The van der Waals surface area contributed by atoms with Gasteiger partial charge in [-0.25, -0.2) is 4.39 Å². The maximum atomic E-state index is 12.8. The van der Waals surface area contributed by atoms with Crippen molar-refractivity contribution in [1.29, 1.82) is 0 Å². The average molecular weight is 297 g/mol. The largest absolute Gasteiger partial charge is 0.416 e. The molecule has 0 aromatic heterocycles. The number of hydrogen-bond acceptors (Lipinski definition) is 1. The first-order valence-corrected chi connectivity index (χ1v) is 6.00. The van der Waals surface area contributed by atoms with Gasteiger partial charge in [-0.1, -0.05) is 6.07 Å². The Morgan fingerprint density at radius 2 is 1.67 bits per heavy atom. The summed E-state index contributed by atoms with van der Waals surface area (Å²) in [6, 6.07) is 9.27. The standard InChI is InChI=1S/C15H11F4NO/c1-20(13-7-5-12(16)6-8-13)14(21)10-3-2-4-11(9-10)15(17,18)19/h2-9H,1H3. The Labute approximate surface area is 118 Å². The van der Waals surface area contributed by atoms with Crippen LogP contribution < -0.4 is 4.90 Å². The summed E-state index contributed by atoms with van der Waals surface area (Å²) < 4.78 is 50.7. The third-order valence-corrected chi connectivity index (χ3v) is 2.96. The van der Waals surface area contributed by atoms with E-state index >= 15 is 0 Å². The zero-order valence-corrected chi connectivity index (χ0v) is 11.0. The van der Waals surface area contributed by atoms with Gasteiger partial charge in [0.25, 0.3) is 5.91 Å². The molecule has 2 nitrogen and oxygen atoms in total. The normalized spacial score (nSPS) is 11.3. The van der Waals surface area contributed by atoms with Crippen molar-refractivity contribution in [2.45, 2.75) is 6.18 Å². The lowest BCUT2D eigenvalue weighted by atomic mass is 10.1. The minimum Gasteiger partial charge on any atom is -0.311 e. The predicted octanol–water partition coefficient (Wildman–Crippen LogP) is 4.12. The van der Waals surface area contributed by atoms with Gasteiger partial charge in [-0.3, -0.25) is 4.79 Å². The summed E-state index contributed by atoms with van der Waals surface area (Å²) in [7, 11) is 1.41. The Morgan fingerprint density at radius 3 is 2.24 bits per heavy atom. The summed E-state index contributed by atoms with van der Waals surface area (Å²) in [5, 5.41) is 0. The van der Waals surface area contributed by atoms with E-state index in [4.69, 9.17) is 0 Å². The highest BCUT2D eigenvalue weighted by Crippen LogP contribution is 2.30. The van der Waals surface area contributed by atoms with Crippen molar-refractivity contribution in [3.8, 4) is 0 Å². The highest BCUT2D eigenvalue weighted by atomic mass is 19.4. The average Bonchev–Trinajstić information content (AvgIpc) is 2.46. The van der Waals surface area contributed by atoms with Crippen LogP contribution in [0.5, 0.6) is 0 Å². The number of hydrogen-bond donors (Lipinski definition) is 0. The number of anilines is 1. The van der Waals surface area contributed by atoms with Crippen LogP contribution >= 0.6 is 0 Å². The highest BCUT2D eigenvalue weighted by Gasteiger charge is 2.31. The van der Waals surface area contributed by atoms with Gasteiger partial charge in [-0.15, -0.1) is 0 Å². The van der Waals surface area contributed by atoms with Crippen molar-refractivity contribution in [2.75, 3.05) is 11.9 Å². The predicted molar refractivity (Wildman–Crippen MR) is 70.6 cm³/mol. The molecule has 0 radical (unpaired) electrons. The van der Waals surface area contributed by atoms with Crippen LogP contribution in [0.2, 0.25) is 0 Å². The van der Waals surface area contributed by atoms with Crippen molar-refractivity contribution in [2.24, 2.45) is 0 Å². The minimum atomic E-state index is -4.51. The molecular formula is C15H11F4NO. The summed E-state index contributed by atoms with van der Waals surface area (Å²) in [6.07, 6.45) is -4.51. The van der Waals surface area contributed by atoms with Crippen LogP contribution in [0.4, 0.5) is 23.2 Å². The quantitative estimate of drug-likeness (QED) is 0.764. The van der Waals surface area contributed by atoms with E-state index in [2.05, 4.69) is 0 Å². The Balaban J connectivity index is 2.29. The van der Waals surface area contributed by atoms with Gasteiger partial charge in [0, 0.05) is 18.3 Å². The molecule has 0 aliphatic rings. The van der Waals surface area contributed by atoms with Gasteiger partial charge in [-0.2, -0.15) is 13.2 Å². The number of rotatable bonds is 2. The molecular weight excluding hydrogens is 286 g/mol. The number of benzene rings is 2. The molecule has 0 saturated heterocycles. The van der Waals surface area contributed by atoms with Gasteiger partial charge in [-0.05, 0) is 42.5 Å². The molecule has 0 N–H and O–H groups in total. The number of amides is 1. The molecule has 0 unspecified atom stereocenters. The van der Waals surface area contributed by atoms with E-state index in [9.17, 15) is 22.4 Å². The highest BCUT2D eigenvalue weighted by molar-refractivity contribution is 6.05. The van der Waals surface area contributed by atoms with Gasteiger partial charge in [0.2, 0.25) is 0 Å². The first kappa shape index (κ1) is 15.0. The SMILES string of the molecule is CN(C(=O)c1cccc(C(F)(F)F)c1)c1ccc(F)cc1. The van der Waals surface area contributed by atoms with Gasteiger partial charge in [0.15, 0.2) is 0 Å². The Morgan fingerprint density at radius 1 is 1.05 bits per heavy atom. The number of alkyl halides is 3. The Kier molecular flexibility index (Phi) is 3.97. The molecule has 0 fully saturated rings. The van der Waals surface area contributed by atoms with Gasteiger partial charge in [0.1, 0.15) is 5.82 Å². The second-order valence-electron chi connectivity index (χ2n) is 4.42. The number of nitrogens with zero attached hydrogens (tertiary/aromatic N) is 1. The molecule has 0 heterocycles. The van der Waals surface area contributed by atoms with Crippen molar-refractivity contribution in [3.05, 3.63) is 65.5 Å². The minimum absolute atomic E-state index is 0.0864. The number of carbonyl (C=O) groups is 1. The Hall–Kier alpha value is -2.37. The molecule has 1 amide bonds. The molecule has 2 aromatic rings. The van der Waals surface area contributed by atoms with Gasteiger partial charge < -0.3 is 4.90 Å². The molecule has 2 rings (SSSR count). The second kappa shape index (κ2) is 5.55. The second-order valence-corrected chi connectivity index (χ2v) is 4.42. The summed E-state index contributed by atoms with van der Waals surface area (Å²) in [5.74, 6) is -1.06. The van der Waals surface area contributed by atoms with E-state index in [1.54, 1.807) is 0 Å². The molecule has 0 spiro atoms. The van der Waals surface area contributed by atoms with Crippen LogP contribution in [0.1, 0.15) is 15.9 Å². The van der Waals surface area contributed by atoms with E-state index in [1.807, 2.05) is 0 Å². The number of halogens is 4. The topological polar surface area (TPSA) is 20.3 Å². The molecule has 21 heavy (non-hydrogen) atoms. The van der Waals surface area contributed by atoms with Gasteiger partial charge in [0.05, 0.1) is 5.56 Å². The summed E-state index contributed by atoms with van der Waals surface area (Å²) in [6.45, 7) is 0. The van der Waals surface area contributed by atoms with Crippen LogP contribution in [0.25, 0.3) is 0 Å². The first-order valence-electron chi connectivity index (χ1n) is 6.00. The molecule has 0 aliphatic heterocycles. The third-order valence-electron chi connectivity index (χ3n) is 2.96. The monoisotopic (exact) mass is 297 g/mol. The molecule has 110 valence electrons. The van der Waals surface area contributed by atoms with Crippen LogP contribution in [0.3, 0.4) is 0 Å². The molecule has 2 aromatic carbocycles. The maximum absolute atomic E-state index is 12.8. The van der Waals surface area contributed by atoms with E-state index in [0.29, 0.717) is 5.69 Å². The lowest BCUT2D eigenvalue weighted by Gasteiger charge is -2.18. The molecule has 0 atom stereocenters. The summed E-state index contributed by atoms with van der Waals surface area (Å²) in [4.78, 5) is 13.3. The third kappa shape index (κ3) is 3.39. The summed E-state index contributed by atoms with van der Waals surface area (Å²) >= 11 is 0. The van der Waals surface area contributed by atoms with Crippen molar-refractivity contribution < 1.29 is 22.4 Å².